The van der Waals surface area contributed by atoms with Gasteiger partial charge >= 0.3 is 0 Å². The summed E-state index contributed by atoms with van der Waals surface area (Å²) in [6.07, 6.45) is 0.962. The van der Waals surface area contributed by atoms with Crippen molar-refractivity contribution in [2.45, 2.75) is 32.4 Å². The molecule has 0 fully saturated rings. The maximum Gasteiger partial charge on any atom is 0.0613 e. The van der Waals surface area contributed by atoms with Crippen molar-refractivity contribution in [3.8, 4) is 0 Å². The molecular formula is C10H24N2O2. The zero-order valence-electron chi connectivity index (χ0n) is 9.55. The zero-order valence-corrected chi connectivity index (χ0v) is 9.55. The summed E-state index contributed by atoms with van der Waals surface area (Å²) < 4.78 is 5.00. The normalized spacial score (nSPS) is 15.4. The van der Waals surface area contributed by atoms with Gasteiger partial charge in [-0.1, -0.05) is 6.92 Å². The summed E-state index contributed by atoms with van der Waals surface area (Å²) in [6, 6.07) is 0.616. The lowest BCUT2D eigenvalue weighted by atomic mass is 10.2. The second-order valence-electron chi connectivity index (χ2n) is 3.55. The van der Waals surface area contributed by atoms with Crippen molar-refractivity contribution in [3.63, 3.8) is 0 Å². The Morgan fingerprint density at radius 2 is 1.93 bits per heavy atom. The summed E-state index contributed by atoms with van der Waals surface area (Å²) in [6.45, 7) is 6.89. The fourth-order valence-corrected chi connectivity index (χ4v) is 1.24. The monoisotopic (exact) mass is 204 g/mol. The molecular weight excluding hydrogens is 180 g/mol. The Balaban J connectivity index is 3.27. The molecule has 14 heavy (non-hydrogen) atoms. The minimum Gasteiger partial charge on any atom is -0.395 e. The van der Waals surface area contributed by atoms with Crippen LogP contribution in [0.5, 0.6) is 0 Å². The Kier molecular flexibility index (Phi) is 9.29. The van der Waals surface area contributed by atoms with E-state index in [2.05, 4.69) is 24.5 Å². The Hall–Kier alpha value is -0.160. The molecule has 0 saturated carbocycles. The van der Waals surface area contributed by atoms with E-state index in [1.807, 2.05) is 0 Å². The highest BCUT2D eigenvalue weighted by atomic mass is 16.5. The molecule has 0 saturated heterocycles. The molecule has 0 rings (SSSR count). The largest absolute Gasteiger partial charge is 0.395 e. The van der Waals surface area contributed by atoms with Crippen LogP contribution in [0.2, 0.25) is 0 Å². The van der Waals surface area contributed by atoms with Crippen molar-refractivity contribution in [1.29, 1.82) is 0 Å². The molecule has 0 aromatic carbocycles. The van der Waals surface area contributed by atoms with Gasteiger partial charge in [0.25, 0.3) is 0 Å². The van der Waals surface area contributed by atoms with Crippen LogP contribution in [-0.2, 0) is 4.74 Å². The van der Waals surface area contributed by atoms with E-state index < -0.39 is 0 Å². The highest BCUT2D eigenvalue weighted by Gasteiger charge is 2.03. The number of nitrogens with one attached hydrogen (secondary N) is 2. The van der Waals surface area contributed by atoms with Crippen molar-refractivity contribution in [1.82, 2.24) is 10.6 Å². The van der Waals surface area contributed by atoms with Crippen LogP contribution in [-0.4, -0.2) is 50.6 Å². The van der Waals surface area contributed by atoms with E-state index in [0.29, 0.717) is 6.04 Å². The van der Waals surface area contributed by atoms with Crippen molar-refractivity contribution in [2.24, 2.45) is 0 Å². The summed E-state index contributed by atoms with van der Waals surface area (Å²) in [5.74, 6) is 0. The lowest BCUT2D eigenvalue weighted by Gasteiger charge is -2.16. The Morgan fingerprint density at radius 1 is 1.29 bits per heavy atom. The Labute approximate surface area is 87.0 Å². The number of rotatable bonds is 9. The smallest absolute Gasteiger partial charge is 0.0613 e. The molecule has 3 N–H and O–H groups in total. The average Bonchev–Trinajstić information content (AvgIpc) is 2.19. The maximum atomic E-state index is 8.92. The number of ether oxygens (including phenoxy) is 1. The Morgan fingerprint density at radius 3 is 2.43 bits per heavy atom. The molecule has 0 aliphatic heterocycles. The van der Waals surface area contributed by atoms with Gasteiger partial charge in [0.05, 0.1) is 13.2 Å². The molecule has 0 unspecified atom stereocenters. The summed E-state index contributed by atoms with van der Waals surface area (Å²) in [5.41, 5.74) is 0. The van der Waals surface area contributed by atoms with Crippen LogP contribution in [0.4, 0.5) is 0 Å². The van der Waals surface area contributed by atoms with Crippen LogP contribution in [0.3, 0.4) is 0 Å². The third-order valence-electron chi connectivity index (χ3n) is 2.18. The molecule has 0 aliphatic carbocycles. The molecule has 4 nitrogen and oxygen atoms in total. The highest BCUT2D eigenvalue weighted by molar-refractivity contribution is 4.65. The van der Waals surface area contributed by atoms with Crippen LogP contribution in [0, 0.1) is 0 Å². The molecule has 4 heteroatoms. The molecule has 2 atom stereocenters. The first kappa shape index (κ1) is 13.8. The summed E-state index contributed by atoms with van der Waals surface area (Å²) in [7, 11) is 1.70. The van der Waals surface area contributed by atoms with Crippen molar-refractivity contribution in [2.75, 3.05) is 33.4 Å². The van der Waals surface area contributed by atoms with Crippen molar-refractivity contribution < 1.29 is 9.84 Å². The van der Waals surface area contributed by atoms with Crippen LogP contribution in [0.15, 0.2) is 0 Å². The van der Waals surface area contributed by atoms with Gasteiger partial charge in [0.15, 0.2) is 0 Å². The molecule has 0 heterocycles. The molecule has 0 aliphatic rings. The van der Waals surface area contributed by atoms with E-state index >= 15 is 0 Å². The fraction of sp³-hybridized carbons (Fsp3) is 1.00. The molecule has 0 spiro atoms. The van der Waals surface area contributed by atoms with Gasteiger partial charge in [-0.15, -0.1) is 0 Å². The molecule has 0 radical (unpaired) electrons. The van der Waals surface area contributed by atoms with Crippen LogP contribution < -0.4 is 10.6 Å². The summed E-state index contributed by atoms with van der Waals surface area (Å²) in [5, 5.41) is 15.5. The summed E-state index contributed by atoms with van der Waals surface area (Å²) in [4.78, 5) is 0. The van der Waals surface area contributed by atoms with E-state index in [4.69, 9.17) is 9.84 Å². The zero-order chi connectivity index (χ0) is 10.8. The van der Waals surface area contributed by atoms with Gasteiger partial charge in [-0.25, -0.2) is 0 Å². The van der Waals surface area contributed by atoms with Gasteiger partial charge in [0.1, 0.15) is 0 Å². The standard InChI is InChI=1S/C10H24N2O2/c1-4-10(7-13)12-6-5-11-9(2)8-14-3/h9-13H,4-8H2,1-3H3/t9-,10-/m0/s1. The van der Waals surface area contributed by atoms with Crippen LogP contribution in [0.25, 0.3) is 0 Å². The molecule has 0 aromatic heterocycles. The topological polar surface area (TPSA) is 53.5 Å². The average molecular weight is 204 g/mol. The van der Waals surface area contributed by atoms with Gasteiger partial charge in [0, 0.05) is 32.3 Å². The van der Waals surface area contributed by atoms with Crippen molar-refractivity contribution >= 4 is 0 Å². The predicted molar refractivity (Wildman–Crippen MR) is 58.5 cm³/mol. The van der Waals surface area contributed by atoms with Gasteiger partial charge in [0.2, 0.25) is 0 Å². The first-order valence-electron chi connectivity index (χ1n) is 5.31. The number of methoxy groups -OCH3 is 1. The van der Waals surface area contributed by atoms with Gasteiger partial charge in [-0.05, 0) is 13.3 Å². The van der Waals surface area contributed by atoms with Crippen LogP contribution >= 0.6 is 0 Å². The second-order valence-corrected chi connectivity index (χ2v) is 3.55. The van der Waals surface area contributed by atoms with Gasteiger partial charge in [-0.3, -0.25) is 0 Å². The number of hydrogen-bond donors (Lipinski definition) is 3. The van der Waals surface area contributed by atoms with E-state index in [0.717, 1.165) is 26.1 Å². The summed E-state index contributed by atoms with van der Waals surface area (Å²) >= 11 is 0. The predicted octanol–water partition coefficient (Wildman–Crippen LogP) is -0.0286. The third-order valence-corrected chi connectivity index (χ3v) is 2.18. The quantitative estimate of drug-likeness (QED) is 0.462. The lowest BCUT2D eigenvalue weighted by molar-refractivity contribution is 0.172. The van der Waals surface area contributed by atoms with Crippen LogP contribution in [0.1, 0.15) is 20.3 Å². The molecule has 0 aromatic rings. The van der Waals surface area contributed by atoms with E-state index in [1.165, 1.54) is 0 Å². The number of aliphatic hydroxyl groups excluding tert-OH is 1. The first-order valence-corrected chi connectivity index (χ1v) is 5.31. The maximum absolute atomic E-state index is 8.92. The molecule has 0 amide bonds. The highest BCUT2D eigenvalue weighted by Crippen LogP contribution is 1.87. The Bertz CT molecular complexity index is 119. The SMILES string of the molecule is CC[C@@H](CO)NCCN[C@@H](C)COC. The lowest BCUT2D eigenvalue weighted by Crippen LogP contribution is -2.40. The molecule has 86 valence electrons. The first-order chi connectivity index (χ1) is 6.74. The second kappa shape index (κ2) is 9.40. The number of hydrogen-bond acceptors (Lipinski definition) is 4. The van der Waals surface area contributed by atoms with Gasteiger partial charge in [-0.2, -0.15) is 0 Å². The van der Waals surface area contributed by atoms with Crippen molar-refractivity contribution in [3.05, 3.63) is 0 Å². The fourth-order valence-electron chi connectivity index (χ4n) is 1.24. The number of aliphatic hydroxyl groups is 1. The minimum atomic E-state index is 0.212. The molecule has 0 bridgehead atoms. The van der Waals surface area contributed by atoms with E-state index in [1.54, 1.807) is 7.11 Å². The van der Waals surface area contributed by atoms with E-state index in [-0.39, 0.29) is 12.6 Å². The van der Waals surface area contributed by atoms with E-state index in [9.17, 15) is 0 Å². The van der Waals surface area contributed by atoms with Gasteiger partial charge < -0.3 is 20.5 Å². The third kappa shape index (κ3) is 7.26. The minimum absolute atomic E-state index is 0.212.